The summed E-state index contributed by atoms with van der Waals surface area (Å²) in [5.41, 5.74) is 4.89. The predicted molar refractivity (Wildman–Crippen MR) is 85.8 cm³/mol. The fourth-order valence-electron chi connectivity index (χ4n) is 3.33. The largest absolute Gasteiger partial charge is 0.348 e. The van der Waals surface area contributed by atoms with Gasteiger partial charge < -0.3 is 9.88 Å². The van der Waals surface area contributed by atoms with Crippen LogP contribution in [0.3, 0.4) is 0 Å². The minimum atomic E-state index is 0.479. The molecule has 1 atom stereocenters. The van der Waals surface area contributed by atoms with E-state index in [0.29, 0.717) is 6.04 Å². The van der Waals surface area contributed by atoms with E-state index in [1.54, 1.807) is 0 Å². The number of fused-ring (bicyclic) bond motifs is 1. The molecule has 0 aromatic carbocycles. The van der Waals surface area contributed by atoms with Gasteiger partial charge in [-0.25, -0.2) is 0 Å². The number of rotatable bonds is 3. The lowest BCUT2D eigenvalue weighted by Crippen LogP contribution is -2.15. The minimum absolute atomic E-state index is 0.479. The molecule has 0 saturated carbocycles. The second-order valence-electron chi connectivity index (χ2n) is 5.97. The van der Waals surface area contributed by atoms with Gasteiger partial charge in [0.15, 0.2) is 0 Å². The molecular formula is C16H23ClN4. The standard InChI is InChI=1S/C16H23ClN4/c1-11-16(17)15(20(3)19-11)10-21-8-12-6-4-5-7-14(18-2)13(12)9-21/h8-9,14,18H,4-7,10H2,1-3H3. The van der Waals surface area contributed by atoms with Crippen LogP contribution in [0.5, 0.6) is 0 Å². The molecule has 0 amide bonds. The lowest BCUT2D eigenvalue weighted by atomic mass is 10.1. The number of nitrogens with one attached hydrogen (secondary N) is 1. The van der Waals surface area contributed by atoms with E-state index in [9.17, 15) is 0 Å². The van der Waals surface area contributed by atoms with E-state index in [0.717, 1.165) is 23.0 Å². The zero-order valence-corrected chi connectivity index (χ0v) is 13.7. The Morgan fingerprint density at radius 1 is 1.38 bits per heavy atom. The van der Waals surface area contributed by atoms with E-state index in [-0.39, 0.29) is 0 Å². The molecule has 0 bridgehead atoms. The van der Waals surface area contributed by atoms with Gasteiger partial charge in [-0.3, -0.25) is 4.68 Å². The number of hydrogen-bond acceptors (Lipinski definition) is 2. The van der Waals surface area contributed by atoms with Crippen molar-refractivity contribution in [1.82, 2.24) is 19.7 Å². The van der Waals surface area contributed by atoms with Crippen LogP contribution >= 0.6 is 11.6 Å². The summed E-state index contributed by atoms with van der Waals surface area (Å²) in [5, 5.41) is 8.62. The fourth-order valence-corrected chi connectivity index (χ4v) is 3.55. The Kier molecular flexibility index (Phi) is 4.09. The SMILES string of the molecule is CNC1CCCCc2cn(Cc3c(Cl)c(C)nn3C)cc21. The van der Waals surface area contributed by atoms with Crippen molar-refractivity contribution in [2.45, 2.75) is 45.2 Å². The Bertz CT molecular complexity index is 641. The van der Waals surface area contributed by atoms with Crippen molar-refractivity contribution in [3.05, 3.63) is 39.9 Å². The van der Waals surface area contributed by atoms with E-state index >= 15 is 0 Å². The van der Waals surface area contributed by atoms with E-state index in [1.807, 2.05) is 18.7 Å². The molecule has 21 heavy (non-hydrogen) atoms. The van der Waals surface area contributed by atoms with Crippen molar-refractivity contribution in [3.8, 4) is 0 Å². The van der Waals surface area contributed by atoms with Gasteiger partial charge in [0.05, 0.1) is 23.0 Å². The predicted octanol–water partition coefficient (Wildman–Crippen LogP) is 3.22. The lowest BCUT2D eigenvalue weighted by molar-refractivity contribution is 0.530. The molecule has 5 heteroatoms. The van der Waals surface area contributed by atoms with Crippen LogP contribution in [0.1, 0.15) is 47.8 Å². The molecule has 3 rings (SSSR count). The molecule has 0 aliphatic heterocycles. The first-order valence-electron chi connectivity index (χ1n) is 7.64. The quantitative estimate of drug-likeness (QED) is 0.884. The summed E-state index contributed by atoms with van der Waals surface area (Å²) in [4.78, 5) is 0. The van der Waals surface area contributed by atoms with Crippen LogP contribution < -0.4 is 5.32 Å². The molecule has 1 unspecified atom stereocenters. The second-order valence-corrected chi connectivity index (χ2v) is 6.35. The Labute approximate surface area is 131 Å². The smallest absolute Gasteiger partial charge is 0.0865 e. The Balaban J connectivity index is 1.91. The zero-order chi connectivity index (χ0) is 15.0. The van der Waals surface area contributed by atoms with Crippen LogP contribution in [0.25, 0.3) is 0 Å². The average Bonchev–Trinajstić information content (AvgIpc) is 2.89. The number of hydrogen-bond donors (Lipinski definition) is 1. The highest BCUT2D eigenvalue weighted by molar-refractivity contribution is 6.31. The maximum absolute atomic E-state index is 6.36. The average molecular weight is 307 g/mol. The van der Waals surface area contributed by atoms with Crippen LogP contribution in [0.2, 0.25) is 5.02 Å². The van der Waals surface area contributed by atoms with Crippen LogP contribution in [0, 0.1) is 6.92 Å². The second kappa shape index (κ2) is 5.85. The van der Waals surface area contributed by atoms with Crippen molar-refractivity contribution in [2.24, 2.45) is 7.05 Å². The fraction of sp³-hybridized carbons (Fsp3) is 0.562. The third kappa shape index (κ3) is 2.74. The third-order valence-electron chi connectivity index (χ3n) is 4.50. The minimum Gasteiger partial charge on any atom is -0.348 e. The molecule has 2 aromatic heterocycles. The monoisotopic (exact) mass is 306 g/mol. The molecular weight excluding hydrogens is 284 g/mol. The summed E-state index contributed by atoms with van der Waals surface area (Å²) in [7, 11) is 4.01. The lowest BCUT2D eigenvalue weighted by Gasteiger charge is -2.13. The molecule has 2 aromatic rings. The van der Waals surface area contributed by atoms with E-state index in [4.69, 9.17) is 11.6 Å². The molecule has 1 aliphatic carbocycles. The Morgan fingerprint density at radius 2 is 2.19 bits per heavy atom. The summed E-state index contributed by atoms with van der Waals surface area (Å²) in [5.74, 6) is 0. The summed E-state index contributed by atoms with van der Waals surface area (Å²) < 4.78 is 4.14. The summed E-state index contributed by atoms with van der Waals surface area (Å²) >= 11 is 6.36. The summed E-state index contributed by atoms with van der Waals surface area (Å²) in [6.07, 6.45) is 9.54. The number of nitrogens with zero attached hydrogens (tertiary/aromatic N) is 3. The summed E-state index contributed by atoms with van der Waals surface area (Å²) in [6.45, 7) is 2.73. The molecule has 2 heterocycles. The van der Waals surface area contributed by atoms with Gasteiger partial charge in [0.2, 0.25) is 0 Å². The molecule has 1 N–H and O–H groups in total. The molecule has 0 saturated heterocycles. The molecule has 4 nitrogen and oxygen atoms in total. The van der Waals surface area contributed by atoms with Crippen molar-refractivity contribution in [3.63, 3.8) is 0 Å². The van der Waals surface area contributed by atoms with Gasteiger partial charge in [-0.15, -0.1) is 0 Å². The van der Waals surface area contributed by atoms with Gasteiger partial charge in [-0.05, 0) is 44.4 Å². The van der Waals surface area contributed by atoms with Gasteiger partial charge in [0.1, 0.15) is 0 Å². The van der Waals surface area contributed by atoms with Crippen LogP contribution in [0.15, 0.2) is 12.4 Å². The number of aryl methyl sites for hydroxylation is 3. The van der Waals surface area contributed by atoms with Gasteiger partial charge >= 0.3 is 0 Å². The van der Waals surface area contributed by atoms with E-state index in [2.05, 4.69) is 34.4 Å². The molecule has 0 spiro atoms. The highest BCUT2D eigenvalue weighted by Crippen LogP contribution is 2.30. The van der Waals surface area contributed by atoms with Crippen LogP contribution in [-0.4, -0.2) is 21.4 Å². The van der Waals surface area contributed by atoms with Crippen molar-refractivity contribution < 1.29 is 0 Å². The molecule has 1 aliphatic rings. The van der Waals surface area contributed by atoms with Crippen molar-refractivity contribution in [1.29, 1.82) is 0 Å². The van der Waals surface area contributed by atoms with Crippen molar-refractivity contribution >= 4 is 11.6 Å². The molecule has 114 valence electrons. The van der Waals surface area contributed by atoms with Crippen LogP contribution in [-0.2, 0) is 20.0 Å². The first kappa shape index (κ1) is 14.7. The first-order chi connectivity index (χ1) is 10.1. The van der Waals surface area contributed by atoms with Gasteiger partial charge in [-0.1, -0.05) is 18.0 Å². The van der Waals surface area contributed by atoms with Gasteiger partial charge in [0.25, 0.3) is 0 Å². The van der Waals surface area contributed by atoms with Crippen LogP contribution in [0.4, 0.5) is 0 Å². The normalized spacial score (nSPS) is 18.6. The maximum Gasteiger partial charge on any atom is 0.0865 e. The molecule has 0 fully saturated rings. The van der Waals surface area contributed by atoms with Gasteiger partial charge in [-0.2, -0.15) is 5.10 Å². The highest BCUT2D eigenvalue weighted by atomic mass is 35.5. The summed E-state index contributed by atoms with van der Waals surface area (Å²) in [6, 6.07) is 0.479. The van der Waals surface area contributed by atoms with Gasteiger partial charge in [0, 0.05) is 25.5 Å². The van der Waals surface area contributed by atoms with Crippen molar-refractivity contribution in [2.75, 3.05) is 7.05 Å². The Hall–Kier alpha value is -1.26. The topological polar surface area (TPSA) is 34.8 Å². The van der Waals surface area contributed by atoms with E-state index < -0.39 is 0 Å². The zero-order valence-electron chi connectivity index (χ0n) is 13.0. The number of halogens is 1. The molecule has 0 radical (unpaired) electrons. The first-order valence-corrected chi connectivity index (χ1v) is 8.01. The van der Waals surface area contributed by atoms with E-state index in [1.165, 1.54) is 36.8 Å². The number of aromatic nitrogens is 3. The highest BCUT2D eigenvalue weighted by Gasteiger charge is 2.20. The third-order valence-corrected chi connectivity index (χ3v) is 5.00. The Morgan fingerprint density at radius 3 is 2.86 bits per heavy atom. The maximum atomic E-state index is 6.36.